The highest BCUT2D eigenvalue weighted by molar-refractivity contribution is 8.18. The lowest BCUT2D eigenvalue weighted by Gasteiger charge is -2.09. The molecule has 0 atom stereocenters. The zero-order chi connectivity index (χ0) is 19.8. The van der Waals surface area contributed by atoms with Crippen LogP contribution in [-0.4, -0.2) is 23.2 Å². The molecule has 0 saturated carbocycles. The van der Waals surface area contributed by atoms with Crippen LogP contribution in [-0.2, 0) is 9.53 Å². The first kappa shape index (κ1) is 17.6. The van der Waals surface area contributed by atoms with Crippen LogP contribution in [0.2, 0.25) is 0 Å². The number of hydrogen-bond donors (Lipinski definition) is 2. The third-order valence-electron chi connectivity index (χ3n) is 4.81. The largest absolute Gasteiger partial charge is 0.495 e. The van der Waals surface area contributed by atoms with Crippen molar-refractivity contribution in [2.75, 3.05) is 7.11 Å². The van der Waals surface area contributed by atoms with Gasteiger partial charge in [-0.15, -0.1) is 0 Å². The van der Waals surface area contributed by atoms with Gasteiger partial charge < -0.3 is 15.0 Å². The molecule has 5 nitrogen and oxygen atoms in total. The van der Waals surface area contributed by atoms with Crippen molar-refractivity contribution < 1.29 is 9.53 Å². The predicted octanol–water partition coefficient (Wildman–Crippen LogP) is 5.19. The van der Waals surface area contributed by atoms with Crippen molar-refractivity contribution in [2.45, 2.75) is 0 Å². The Hall–Kier alpha value is -3.51. The van der Waals surface area contributed by atoms with Crippen molar-refractivity contribution in [3.63, 3.8) is 0 Å². The fourth-order valence-corrected chi connectivity index (χ4v) is 4.35. The van der Waals surface area contributed by atoms with Crippen molar-refractivity contribution in [3.8, 4) is 0 Å². The summed E-state index contributed by atoms with van der Waals surface area (Å²) in [6.07, 6.45) is 1.89. The molecule has 1 fully saturated rings. The maximum absolute atomic E-state index is 12.6. The van der Waals surface area contributed by atoms with Gasteiger partial charge in [-0.3, -0.25) is 4.79 Å². The maximum atomic E-state index is 12.6. The number of carbonyl (C=O) groups is 1. The number of fused-ring (bicyclic) bond motifs is 2. The van der Waals surface area contributed by atoms with Crippen LogP contribution in [0.5, 0.6) is 0 Å². The molecule has 1 amide bonds. The fraction of sp³-hybridized carbons (Fsp3) is 0.0435. The Morgan fingerprint density at radius 3 is 2.69 bits per heavy atom. The van der Waals surface area contributed by atoms with E-state index < -0.39 is 0 Å². The molecule has 29 heavy (non-hydrogen) atoms. The van der Waals surface area contributed by atoms with Crippen LogP contribution >= 0.6 is 11.8 Å². The van der Waals surface area contributed by atoms with Gasteiger partial charge in [-0.05, 0) is 52.9 Å². The molecule has 2 N–H and O–H groups in total. The van der Waals surface area contributed by atoms with Gasteiger partial charge in [0.1, 0.15) is 10.7 Å². The highest BCUT2D eigenvalue weighted by atomic mass is 32.2. The molecular weight excluding hydrogens is 382 g/mol. The van der Waals surface area contributed by atoms with Crippen molar-refractivity contribution in [1.82, 2.24) is 10.3 Å². The van der Waals surface area contributed by atoms with E-state index in [9.17, 15) is 4.79 Å². The van der Waals surface area contributed by atoms with Crippen molar-refractivity contribution in [2.24, 2.45) is 4.99 Å². The van der Waals surface area contributed by atoms with Crippen LogP contribution in [0.3, 0.4) is 0 Å². The van der Waals surface area contributed by atoms with Crippen molar-refractivity contribution in [1.29, 1.82) is 0 Å². The molecular formula is C23H17N3O2S. The molecule has 0 bridgehead atoms. The summed E-state index contributed by atoms with van der Waals surface area (Å²) in [4.78, 5) is 20.9. The number of rotatable bonds is 3. The highest BCUT2D eigenvalue weighted by Crippen LogP contribution is 2.34. The Morgan fingerprint density at radius 2 is 1.83 bits per heavy atom. The second kappa shape index (κ2) is 7.14. The molecule has 1 aromatic heterocycles. The molecule has 0 unspecified atom stereocenters. The number of aliphatic imine (C=N–C) groups is 1. The highest BCUT2D eigenvalue weighted by Gasteiger charge is 2.29. The van der Waals surface area contributed by atoms with Crippen LogP contribution in [0, 0.1) is 0 Å². The van der Waals surface area contributed by atoms with Crippen LogP contribution in [0.25, 0.3) is 27.4 Å². The molecule has 3 aromatic carbocycles. The minimum absolute atomic E-state index is 0.207. The standard InChI is InChI=1S/C23H17N3O2S/c1-28-20(17-7-6-14-4-2-3-5-15(14)12-17)21-22(27)26-23(29-21)25-18-8-9-19-16(13-18)10-11-24-19/h2-13,24H,1H3,(H,25,26,27)/b21-20+. The quantitative estimate of drug-likeness (QED) is 0.368. The Kier molecular flexibility index (Phi) is 4.33. The number of aromatic nitrogens is 1. The average Bonchev–Trinajstić information content (AvgIpc) is 3.35. The lowest BCUT2D eigenvalue weighted by atomic mass is 10.1. The Balaban J connectivity index is 1.51. The molecule has 0 aliphatic carbocycles. The molecule has 0 radical (unpaired) electrons. The minimum Gasteiger partial charge on any atom is -0.495 e. The van der Waals surface area contributed by atoms with Gasteiger partial charge in [0, 0.05) is 22.7 Å². The second-order valence-corrected chi connectivity index (χ2v) is 7.65. The van der Waals surface area contributed by atoms with Crippen LogP contribution < -0.4 is 5.32 Å². The number of benzene rings is 3. The molecule has 0 spiro atoms. The lowest BCUT2D eigenvalue weighted by molar-refractivity contribution is -0.115. The van der Waals surface area contributed by atoms with Gasteiger partial charge in [0.15, 0.2) is 5.17 Å². The summed E-state index contributed by atoms with van der Waals surface area (Å²) in [6.45, 7) is 0. The van der Waals surface area contributed by atoms with Gasteiger partial charge >= 0.3 is 0 Å². The van der Waals surface area contributed by atoms with Crippen molar-refractivity contribution in [3.05, 3.63) is 83.4 Å². The predicted molar refractivity (Wildman–Crippen MR) is 119 cm³/mol. The topological polar surface area (TPSA) is 66.5 Å². The van der Waals surface area contributed by atoms with E-state index in [0.717, 1.165) is 32.9 Å². The van der Waals surface area contributed by atoms with E-state index in [1.165, 1.54) is 11.8 Å². The first-order valence-corrected chi connectivity index (χ1v) is 9.95. The number of thioether (sulfide) groups is 1. The van der Waals surface area contributed by atoms with Gasteiger partial charge in [0.2, 0.25) is 0 Å². The van der Waals surface area contributed by atoms with Gasteiger partial charge in [-0.25, -0.2) is 4.99 Å². The van der Waals surface area contributed by atoms with Gasteiger partial charge in [0.05, 0.1) is 12.8 Å². The third kappa shape index (κ3) is 3.28. The average molecular weight is 399 g/mol. The monoisotopic (exact) mass is 399 g/mol. The number of ether oxygens (including phenoxy) is 1. The van der Waals surface area contributed by atoms with E-state index >= 15 is 0 Å². The number of nitrogens with one attached hydrogen (secondary N) is 2. The summed E-state index contributed by atoms with van der Waals surface area (Å²) < 4.78 is 5.62. The second-order valence-electron chi connectivity index (χ2n) is 6.65. The first-order chi connectivity index (χ1) is 14.2. The molecule has 142 valence electrons. The summed E-state index contributed by atoms with van der Waals surface area (Å²) in [5, 5.41) is 6.69. The number of amidine groups is 1. The molecule has 1 aliphatic heterocycles. The van der Waals surface area contributed by atoms with Crippen LogP contribution in [0.1, 0.15) is 5.56 Å². The number of aromatic amines is 1. The minimum atomic E-state index is -0.207. The van der Waals surface area contributed by atoms with E-state index in [1.807, 2.05) is 66.9 Å². The lowest BCUT2D eigenvalue weighted by Crippen LogP contribution is -2.19. The number of hydrogen-bond acceptors (Lipinski definition) is 4. The number of carbonyl (C=O) groups excluding carboxylic acids is 1. The number of nitrogens with zero attached hydrogens (tertiary/aromatic N) is 1. The maximum Gasteiger partial charge on any atom is 0.267 e. The summed E-state index contributed by atoms with van der Waals surface area (Å²) in [5.41, 5.74) is 2.69. The molecule has 6 heteroatoms. The molecule has 5 rings (SSSR count). The normalized spacial score (nSPS) is 17.1. The summed E-state index contributed by atoms with van der Waals surface area (Å²) in [5.74, 6) is 0.339. The first-order valence-electron chi connectivity index (χ1n) is 9.14. The molecule has 2 heterocycles. The smallest absolute Gasteiger partial charge is 0.267 e. The summed E-state index contributed by atoms with van der Waals surface area (Å²) >= 11 is 1.29. The van der Waals surface area contributed by atoms with E-state index in [1.54, 1.807) is 7.11 Å². The number of amides is 1. The number of methoxy groups -OCH3 is 1. The number of H-pyrrole nitrogens is 1. The van der Waals surface area contributed by atoms with Gasteiger partial charge in [-0.2, -0.15) is 0 Å². The fourth-order valence-electron chi connectivity index (χ4n) is 3.42. The Labute approximate surface area is 171 Å². The molecule has 1 saturated heterocycles. The van der Waals surface area contributed by atoms with E-state index in [2.05, 4.69) is 21.4 Å². The zero-order valence-electron chi connectivity index (χ0n) is 15.6. The van der Waals surface area contributed by atoms with Gasteiger partial charge in [-0.1, -0.05) is 36.4 Å². The summed E-state index contributed by atoms with van der Waals surface area (Å²) in [7, 11) is 1.58. The molecule has 1 aliphatic rings. The van der Waals surface area contributed by atoms with E-state index in [-0.39, 0.29) is 5.91 Å². The van der Waals surface area contributed by atoms with Crippen LogP contribution in [0.15, 0.2) is 82.8 Å². The molecule has 4 aromatic rings. The zero-order valence-corrected chi connectivity index (χ0v) is 16.4. The van der Waals surface area contributed by atoms with E-state index in [0.29, 0.717) is 15.8 Å². The van der Waals surface area contributed by atoms with Crippen LogP contribution in [0.4, 0.5) is 5.69 Å². The van der Waals surface area contributed by atoms with Gasteiger partial charge in [0.25, 0.3) is 5.91 Å². The Bertz CT molecular complexity index is 1320. The van der Waals surface area contributed by atoms with E-state index in [4.69, 9.17) is 4.74 Å². The Morgan fingerprint density at radius 1 is 0.966 bits per heavy atom. The van der Waals surface area contributed by atoms with Crippen molar-refractivity contribution >= 4 is 56.0 Å². The SMILES string of the molecule is CO/C(=C1/SC(=Nc2ccc3[nH]ccc3c2)NC1=O)c1ccc2ccccc2c1. The third-order valence-corrected chi connectivity index (χ3v) is 5.78. The summed E-state index contributed by atoms with van der Waals surface area (Å²) in [6, 6.07) is 22.0.